The van der Waals surface area contributed by atoms with E-state index in [0.29, 0.717) is 25.9 Å². The van der Waals surface area contributed by atoms with E-state index >= 15 is 0 Å². The second kappa shape index (κ2) is 7.44. The number of benzene rings is 1. The molecule has 1 aliphatic heterocycles. The zero-order valence-corrected chi connectivity index (χ0v) is 12.2. The van der Waals surface area contributed by atoms with E-state index in [1.807, 2.05) is 0 Å². The summed E-state index contributed by atoms with van der Waals surface area (Å²) in [5.74, 6) is -1.56. The number of hydrogen-bond donors (Lipinski definition) is 3. The van der Waals surface area contributed by atoms with E-state index in [-0.39, 0.29) is 17.3 Å². The molecule has 3 amide bonds. The van der Waals surface area contributed by atoms with Gasteiger partial charge in [0.05, 0.1) is 5.69 Å². The zero-order valence-electron chi connectivity index (χ0n) is 12.2. The van der Waals surface area contributed by atoms with Crippen molar-refractivity contribution >= 4 is 23.4 Å². The maximum Gasteiger partial charge on any atom is 0.313 e. The first kappa shape index (κ1) is 15.8. The quantitative estimate of drug-likeness (QED) is 0.418. The highest BCUT2D eigenvalue weighted by atomic mass is 16.3. The van der Waals surface area contributed by atoms with Crippen LogP contribution in [0.2, 0.25) is 0 Å². The lowest BCUT2D eigenvalue weighted by Gasteiger charge is -2.15. The van der Waals surface area contributed by atoms with Crippen molar-refractivity contribution in [1.82, 2.24) is 10.2 Å². The summed E-state index contributed by atoms with van der Waals surface area (Å²) in [5.41, 5.74) is 0.185. The van der Waals surface area contributed by atoms with Crippen molar-refractivity contribution in [1.29, 1.82) is 0 Å². The van der Waals surface area contributed by atoms with Crippen LogP contribution in [0.4, 0.5) is 5.69 Å². The summed E-state index contributed by atoms with van der Waals surface area (Å²) < 4.78 is 0. The highest BCUT2D eigenvalue weighted by Gasteiger charge is 2.19. The molecule has 1 fully saturated rings. The van der Waals surface area contributed by atoms with Gasteiger partial charge in [-0.2, -0.15) is 0 Å². The van der Waals surface area contributed by atoms with Crippen molar-refractivity contribution in [2.24, 2.45) is 0 Å². The third kappa shape index (κ3) is 4.21. The molecule has 0 bridgehead atoms. The molecule has 0 unspecified atom stereocenters. The number of aromatic hydroxyl groups is 1. The van der Waals surface area contributed by atoms with Crippen LogP contribution in [0.15, 0.2) is 24.3 Å². The fourth-order valence-corrected chi connectivity index (χ4v) is 2.25. The van der Waals surface area contributed by atoms with Gasteiger partial charge in [-0.25, -0.2) is 0 Å². The minimum absolute atomic E-state index is 0.101. The Morgan fingerprint density at radius 3 is 2.68 bits per heavy atom. The molecular formula is C15H19N3O4. The molecule has 0 saturated carbocycles. The predicted molar refractivity (Wildman–Crippen MR) is 80.2 cm³/mol. The SMILES string of the molecule is O=C(NCCCN1CCCC1=O)C(=O)Nc1ccccc1O. The molecule has 0 aromatic heterocycles. The lowest BCUT2D eigenvalue weighted by molar-refractivity contribution is -0.136. The predicted octanol–water partition coefficient (Wildman–Crippen LogP) is 0.459. The molecule has 1 aromatic rings. The molecule has 7 nitrogen and oxygen atoms in total. The topological polar surface area (TPSA) is 98.7 Å². The first-order valence-electron chi connectivity index (χ1n) is 7.23. The van der Waals surface area contributed by atoms with Crippen molar-refractivity contribution in [3.63, 3.8) is 0 Å². The summed E-state index contributed by atoms with van der Waals surface area (Å²) in [6.45, 7) is 1.66. The van der Waals surface area contributed by atoms with Crippen molar-refractivity contribution in [3.8, 4) is 5.75 Å². The molecule has 7 heteroatoms. The van der Waals surface area contributed by atoms with Crippen LogP contribution in [0.3, 0.4) is 0 Å². The summed E-state index contributed by atoms with van der Waals surface area (Å²) in [4.78, 5) is 36.5. The standard InChI is InChI=1S/C15H19N3O4/c19-12-6-2-1-5-11(12)17-15(22)14(21)16-8-4-10-18-9-3-7-13(18)20/h1-2,5-6,19H,3-4,7-10H2,(H,16,21)(H,17,22). The van der Waals surface area contributed by atoms with E-state index in [1.54, 1.807) is 17.0 Å². The van der Waals surface area contributed by atoms with Gasteiger partial charge in [-0.05, 0) is 25.0 Å². The third-order valence-corrected chi connectivity index (χ3v) is 3.42. The average Bonchev–Trinajstić information content (AvgIpc) is 2.91. The smallest absolute Gasteiger partial charge is 0.313 e. The van der Waals surface area contributed by atoms with Gasteiger partial charge in [0, 0.05) is 26.1 Å². The van der Waals surface area contributed by atoms with E-state index in [4.69, 9.17) is 0 Å². The Balaban J connectivity index is 1.69. The number of para-hydroxylation sites is 2. The third-order valence-electron chi connectivity index (χ3n) is 3.42. The largest absolute Gasteiger partial charge is 0.506 e. The van der Waals surface area contributed by atoms with Crippen molar-refractivity contribution in [3.05, 3.63) is 24.3 Å². The minimum atomic E-state index is -0.834. The number of phenolic OH excluding ortho intramolecular Hbond substituents is 1. The molecule has 2 rings (SSSR count). The molecule has 3 N–H and O–H groups in total. The number of likely N-dealkylation sites (tertiary alicyclic amines) is 1. The van der Waals surface area contributed by atoms with Crippen LogP contribution in [0.1, 0.15) is 19.3 Å². The van der Waals surface area contributed by atoms with Gasteiger partial charge in [0.15, 0.2) is 0 Å². The van der Waals surface area contributed by atoms with Gasteiger partial charge < -0.3 is 20.6 Å². The van der Waals surface area contributed by atoms with E-state index in [0.717, 1.165) is 13.0 Å². The molecule has 0 spiro atoms. The van der Waals surface area contributed by atoms with Crippen LogP contribution in [0.25, 0.3) is 0 Å². The Hall–Kier alpha value is -2.57. The normalized spacial score (nSPS) is 14.0. The number of carbonyl (C=O) groups is 3. The molecule has 1 aliphatic rings. The number of rotatable bonds is 5. The minimum Gasteiger partial charge on any atom is -0.506 e. The Labute approximate surface area is 128 Å². The number of phenols is 1. The van der Waals surface area contributed by atoms with E-state index < -0.39 is 11.8 Å². The fraction of sp³-hybridized carbons (Fsp3) is 0.400. The lowest BCUT2D eigenvalue weighted by atomic mass is 10.3. The fourth-order valence-electron chi connectivity index (χ4n) is 2.25. The Kier molecular flexibility index (Phi) is 5.35. The Morgan fingerprint density at radius 2 is 2.00 bits per heavy atom. The molecule has 0 atom stereocenters. The van der Waals surface area contributed by atoms with Gasteiger partial charge >= 0.3 is 11.8 Å². The number of anilines is 1. The summed E-state index contributed by atoms with van der Waals surface area (Å²) in [6, 6.07) is 6.17. The highest BCUT2D eigenvalue weighted by Crippen LogP contribution is 2.21. The average molecular weight is 305 g/mol. The van der Waals surface area contributed by atoms with Gasteiger partial charge in [0.25, 0.3) is 0 Å². The number of nitrogens with zero attached hydrogens (tertiary/aromatic N) is 1. The maximum absolute atomic E-state index is 11.7. The van der Waals surface area contributed by atoms with Crippen molar-refractivity contribution in [2.45, 2.75) is 19.3 Å². The summed E-state index contributed by atoms with van der Waals surface area (Å²) in [5, 5.41) is 14.3. The second-order valence-corrected chi connectivity index (χ2v) is 5.07. The first-order chi connectivity index (χ1) is 10.6. The maximum atomic E-state index is 11.7. The van der Waals surface area contributed by atoms with Crippen molar-refractivity contribution < 1.29 is 19.5 Å². The lowest BCUT2D eigenvalue weighted by Crippen LogP contribution is -2.37. The van der Waals surface area contributed by atoms with Gasteiger partial charge in [-0.15, -0.1) is 0 Å². The van der Waals surface area contributed by atoms with Crippen LogP contribution in [-0.2, 0) is 14.4 Å². The van der Waals surface area contributed by atoms with Gasteiger partial charge in [-0.1, -0.05) is 12.1 Å². The number of hydrogen-bond acceptors (Lipinski definition) is 4. The van der Waals surface area contributed by atoms with Gasteiger partial charge in [0.2, 0.25) is 5.91 Å². The summed E-state index contributed by atoms with van der Waals surface area (Å²) in [6.07, 6.45) is 2.07. The van der Waals surface area contributed by atoms with Crippen LogP contribution in [0.5, 0.6) is 5.75 Å². The van der Waals surface area contributed by atoms with Crippen molar-refractivity contribution in [2.75, 3.05) is 25.0 Å². The number of carbonyl (C=O) groups excluding carboxylic acids is 3. The molecule has 22 heavy (non-hydrogen) atoms. The van der Waals surface area contributed by atoms with E-state index in [1.165, 1.54) is 12.1 Å². The summed E-state index contributed by atoms with van der Waals surface area (Å²) in [7, 11) is 0. The van der Waals surface area contributed by atoms with Gasteiger partial charge in [0.1, 0.15) is 5.75 Å². The van der Waals surface area contributed by atoms with Crippen LogP contribution < -0.4 is 10.6 Å². The monoisotopic (exact) mass is 305 g/mol. The highest BCUT2D eigenvalue weighted by molar-refractivity contribution is 6.39. The zero-order chi connectivity index (χ0) is 15.9. The molecule has 0 aliphatic carbocycles. The van der Waals surface area contributed by atoms with Gasteiger partial charge in [-0.3, -0.25) is 14.4 Å². The first-order valence-corrected chi connectivity index (χ1v) is 7.23. The van der Waals surface area contributed by atoms with Crippen LogP contribution in [0, 0.1) is 0 Å². The Bertz CT molecular complexity index is 574. The van der Waals surface area contributed by atoms with E-state index in [9.17, 15) is 19.5 Å². The molecule has 1 heterocycles. The number of amides is 3. The van der Waals surface area contributed by atoms with Crippen LogP contribution in [-0.4, -0.2) is 47.4 Å². The van der Waals surface area contributed by atoms with E-state index in [2.05, 4.69) is 10.6 Å². The molecule has 1 saturated heterocycles. The second-order valence-electron chi connectivity index (χ2n) is 5.07. The molecule has 0 radical (unpaired) electrons. The number of nitrogens with one attached hydrogen (secondary N) is 2. The van der Waals surface area contributed by atoms with Crippen LogP contribution >= 0.6 is 0 Å². The summed E-state index contributed by atoms with van der Waals surface area (Å²) >= 11 is 0. The Morgan fingerprint density at radius 1 is 1.23 bits per heavy atom. The molecule has 118 valence electrons. The molecular weight excluding hydrogens is 286 g/mol. The molecule has 1 aromatic carbocycles.